The van der Waals surface area contributed by atoms with E-state index in [1.54, 1.807) is 36.8 Å². The molecular formula is C22H22FN5. The van der Waals surface area contributed by atoms with Crippen molar-refractivity contribution in [1.29, 1.82) is 5.41 Å². The zero-order valence-corrected chi connectivity index (χ0v) is 15.6. The van der Waals surface area contributed by atoms with E-state index in [4.69, 9.17) is 16.1 Å². The molecule has 0 amide bonds. The topological polar surface area (TPSA) is 88.5 Å². The maximum atomic E-state index is 13.2. The van der Waals surface area contributed by atoms with Gasteiger partial charge in [-0.25, -0.2) is 4.39 Å². The van der Waals surface area contributed by atoms with Crippen molar-refractivity contribution in [2.45, 2.75) is 25.7 Å². The number of hydrogen-bond acceptors (Lipinski definition) is 5. The van der Waals surface area contributed by atoms with E-state index >= 15 is 0 Å². The Bertz CT molecular complexity index is 968. The summed E-state index contributed by atoms with van der Waals surface area (Å²) in [7, 11) is 0. The van der Waals surface area contributed by atoms with Crippen molar-refractivity contribution in [2.75, 3.05) is 0 Å². The van der Waals surface area contributed by atoms with Gasteiger partial charge in [0.15, 0.2) is 0 Å². The lowest BCUT2D eigenvalue weighted by atomic mass is 9.95. The molecule has 0 saturated heterocycles. The van der Waals surface area contributed by atoms with E-state index in [1.165, 1.54) is 18.3 Å². The van der Waals surface area contributed by atoms with E-state index < -0.39 is 0 Å². The summed E-state index contributed by atoms with van der Waals surface area (Å²) >= 11 is 0. The molecule has 2 aromatic heterocycles. The predicted molar refractivity (Wildman–Crippen MR) is 109 cm³/mol. The molecule has 0 aliphatic rings. The van der Waals surface area contributed by atoms with Gasteiger partial charge in [0.25, 0.3) is 0 Å². The van der Waals surface area contributed by atoms with Crippen LogP contribution in [0.1, 0.15) is 41.1 Å². The van der Waals surface area contributed by atoms with Crippen LogP contribution in [0.2, 0.25) is 0 Å². The van der Waals surface area contributed by atoms with Crippen molar-refractivity contribution in [3.8, 4) is 0 Å². The van der Waals surface area contributed by atoms with Gasteiger partial charge in [-0.05, 0) is 48.2 Å². The van der Waals surface area contributed by atoms with E-state index in [1.807, 2.05) is 12.1 Å². The summed E-state index contributed by atoms with van der Waals surface area (Å²) in [6, 6.07) is 10.4. The van der Waals surface area contributed by atoms with Gasteiger partial charge in [-0.2, -0.15) is 0 Å². The second-order valence-electron chi connectivity index (χ2n) is 6.66. The van der Waals surface area contributed by atoms with E-state index in [9.17, 15) is 4.39 Å². The van der Waals surface area contributed by atoms with Crippen LogP contribution in [0.5, 0.6) is 0 Å². The van der Waals surface area contributed by atoms with Gasteiger partial charge in [-0.15, -0.1) is 0 Å². The molecule has 0 saturated carbocycles. The van der Waals surface area contributed by atoms with Crippen LogP contribution in [0, 0.1) is 11.2 Å². The summed E-state index contributed by atoms with van der Waals surface area (Å²) in [6.07, 6.45) is 8.94. The third kappa shape index (κ3) is 5.07. The maximum absolute atomic E-state index is 13.2. The van der Waals surface area contributed by atoms with Crippen LogP contribution in [0.3, 0.4) is 0 Å². The van der Waals surface area contributed by atoms with Crippen molar-refractivity contribution in [2.24, 2.45) is 5.73 Å². The number of nitrogens with one attached hydrogen (secondary N) is 1. The average Bonchev–Trinajstić information content (AvgIpc) is 2.69. The van der Waals surface area contributed by atoms with Crippen molar-refractivity contribution in [3.63, 3.8) is 0 Å². The average molecular weight is 375 g/mol. The van der Waals surface area contributed by atoms with Crippen LogP contribution >= 0.6 is 0 Å². The highest BCUT2D eigenvalue weighted by Gasteiger charge is 2.12. The Labute approximate surface area is 163 Å². The molecule has 3 rings (SSSR count). The van der Waals surface area contributed by atoms with Gasteiger partial charge in [0, 0.05) is 53.9 Å². The Morgan fingerprint density at radius 1 is 1.14 bits per heavy atom. The number of pyridine rings is 1. The molecule has 1 aromatic carbocycles. The first-order valence-corrected chi connectivity index (χ1v) is 9.02. The summed E-state index contributed by atoms with van der Waals surface area (Å²) < 4.78 is 13.2. The Balaban J connectivity index is 1.91. The molecule has 0 bridgehead atoms. The number of aromatic nitrogens is 3. The molecule has 3 N–H and O–H groups in total. The van der Waals surface area contributed by atoms with Gasteiger partial charge >= 0.3 is 0 Å². The lowest BCUT2D eigenvalue weighted by Gasteiger charge is -2.14. The molecule has 1 atom stereocenters. The number of nitrogens with zero attached hydrogens (tertiary/aromatic N) is 3. The lowest BCUT2D eigenvalue weighted by molar-refractivity contribution is 0.625. The van der Waals surface area contributed by atoms with Gasteiger partial charge in [-0.3, -0.25) is 15.0 Å². The zero-order chi connectivity index (χ0) is 19.9. The van der Waals surface area contributed by atoms with Gasteiger partial charge in [-0.1, -0.05) is 19.1 Å². The SMILES string of the molecule is C[C@H](Cc1cc(/C(N)=C/C=N)cc(Cc2cnccn2)n1)c1ccc(F)cc1. The van der Waals surface area contributed by atoms with E-state index in [-0.39, 0.29) is 11.7 Å². The van der Waals surface area contributed by atoms with Gasteiger partial charge < -0.3 is 11.1 Å². The third-order valence-electron chi connectivity index (χ3n) is 4.46. The summed E-state index contributed by atoms with van der Waals surface area (Å²) in [5.41, 5.74) is 11.0. The molecule has 0 aliphatic heterocycles. The summed E-state index contributed by atoms with van der Waals surface area (Å²) in [4.78, 5) is 13.2. The smallest absolute Gasteiger partial charge is 0.123 e. The number of benzene rings is 1. The van der Waals surface area contributed by atoms with Gasteiger partial charge in [0.2, 0.25) is 0 Å². The monoisotopic (exact) mass is 375 g/mol. The second kappa shape index (κ2) is 8.99. The van der Waals surface area contributed by atoms with Crippen LogP contribution in [0.15, 0.2) is 61.1 Å². The molecule has 3 aromatic rings. The first-order chi connectivity index (χ1) is 13.5. The van der Waals surface area contributed by atoms with Gasteiger partial charge in [0.1, 0.15) is 5.82 Å². The van der Waals surface area contributed by atoms with Crippen LogP contribution in [-0.2, 0) is 12.8 Å². The molecule has 5 nitrogen and oxygen atoms in total. The fourth-order valence-corrected chi connectivity index (χ4v) is 3.03. The Kier molecular flexibility index (Phi) is 6.22. The largest absolute Gasteiger partial charge is 0.398 e. The summed E-state index contributed by atoms with van der Waals surface area (Å²) in [5.74, 6) is -0.0763. The third-order valence-corrected chi connectivity index (χ3v) is 4.46. The van der Waals surface area contributed by atoms with Crippen LogP contribution in [0.25, 0.3) is 5.70 Å². The molecule has 0 aliphatic carbocycles. The Hall–Kier alpha value is -3.41. The summed E-state index contributed by atoms with van der Waals surface area (Å²) in [6.45, 7) is 2.08. The normalized spacial score (nSPS) is 12.6. The van der Waals surface area contributed by atoms with E-state index in [0.29, 0.717) is 18.5 Å². The Morgan fingerprint density at radius 3 is 2.57 bits per heavy atom. The predicted octanol–water partition coefficient (Wildman–Crippen LogP) is 3.90. The summed E-state index contributed by atoms with van der Waals surface area (Å²) in [5, 5.41) is 7.27. The molecular weight excluding hydrogens is 353 g/mol. The van der Waals surface area contributed by atoms with Crippen LogP contribution < -0.4 is 5.73 Å². The van der Waals surface area contributed by atoms with Crippen LogP contribution in [0.4, 0.5) is 4.39 Å². The van der Waals surface area contributed by atoms with Crippen molar-refractivity contribution in [1.82, 2.24) is 15.0 Å². The molecule has 0 radical (unpaired) electrons. The minimum atomic E-state index is -0.244. The lowest BCUT2D eigenvalue weighted by Crippen LogP contribution is -2.07. The number of allylic oxidation sites excluding steroid dienone is 1. The molecule has 2 heterocycles. The molecule has 0 unspecified atom stereocenters. The number of rotatable bonds is 7. The first kappa shape index (κ1) is 19.4. The Morgan fingerprint density at radius 2 is 1.89 bits per heavy atom. The maximum Gasteiger partial charge on any atom is 0.123 e. The fourth-order valence-electron chi connectivity index (χ4n) is 3.03. The van der Waals surface area contributed by atoms with Crippen molar-refractivity contribution < 1.29 is 4.39 Å². The minimum Gasteiger partial charge on any atom is -0.398 e. The quantitative estimate of drug-likeness (QED) is 0.613. The minimum absolute atomic E-state index is 0.167. The van der Waals surface area contributed by atoms with Crippen molar-refractivity contribution >= 4 is 11.9 Å². The molecule has 0 fully saturated rings. The second-order valence-corrected chi connectivity index (χ2v) is 6.66. The van der Waals surface area contributed by atoms with Crippen LogP contribution in [-0.4, -0.2) is 21.2 Å². The molecule has 0 spiro atoms. The molecule has 142 valence electrons. The number of hydrogen-bond donors (Lipinski definition) is 2. The first-order valence-electron chi connectivity index (χ1n) is 9.02. The number of nitrogens with two attached hydrogens (primary N) is 1. The van der Waals surface area contributed by atoms with E-state index in [0.717, 1.165) is 28.2 Å². The highest BCUT2D eigenvalue weighted by molar-refractivity contribution is 5.81. The zero-order valence-electron chi connectivity index (χ0n) is 15.6. The van der Waals surface area contributed by atoms with Gasteiger partial charge in [0.05, 0.1) is 5.69 Å². The highest BCUT2D eigenvalue weighted by Crippen LogP contribution is 2.22. The van der Waals surface area contributed by atoms with E-state index in [2.05, 4.69) is 16.9 Å². The number of halogens is 1. The highest BCUT2D eigenvalue weighted by atomic mass is 19.1. The fraction of sp³-hybridized carbons (Fsp3) is 0.182. The molecule has 28 heavy (non-hydrogen) atoms. The standard InChI is InChI=1S/C22H22FN5/c1-15(16-2-4-18(23)5-3-16)10-19-11-17(22(25)6-7-24)12-20(28-19)13-21-14-26-8-9-27-21/h2-9,11-12,14-15,24H,10,13,25H2,1H3/b22-6-,24-7?/t15-/m1/s1. The molecule has 6 heteroatoms. The van der Waals surface area contributed by atoms with Crippen molar-refractivity contribution in [3.05, 3.63) is 95.1 Å².